The predicted molar refractivity (Wildman–Crippen MR) is 85.2 cm³/mol. The van der Waals surface area contributed by atoms with Crippen LogP contribution in [0.5, 0.6) is 0 Å². The molecule has 0 bridgehead atoms. The molecule has 1 aromatic heterocycles. The Hall–Kier alpha value is -1.19. The molecule has 0 saturated carbocycles. The average Bonchev–Trinajstić information content (AvgIpc) is 2.90. The fraction of sp³-hybridized carbons (Fsp3) is 0.500. The van der Waals surface area contributed by atoms with Crippen LogP contribution in [0.3, 0.4) is 0 Å². The molecule has 4 heteroatoms. The fourth-order valence-corrected chi connectivity index (χ4v) is 3.36. The summed E-state index contributed by atoms with van der Waals surface area (Å²) in [5, 5.41) is 5.47. The Morgan fingerprint density at radius 3 is 2.60 bits per heavy atom. The molecule has 0 spiro atoms. The number of aryl methyl sites for hydroxylation is 2. The topological polar surface area (TPSA) is 28.4 Å². The van der Waals surface area contributed by atoms with Crippen LogP contribution in [-0.4, -0.2) is 26.2 Å². The molecule has 1 aromatic carbocycles. The molecule has 1 saturated heterocycles. The predicted octanol–water partition coefficient (Wildman–Crippen LogP) is 3.68. The Kier molecular flexibility index (Phi) is 3.65. The molecule has 1 aliphatic rings. The Labute approximate surface area is 124 Å². The molecule has 3 nitrogen and oxygen atoms in total. The summed E-state index contributed by atoms with van der Waals surface area (Å²) in [7, 11) is 0. The molecule has 0 radical (unpaired) electrons. The summed E-state index contributed by atoms with van der Waals surface area (Å²) in [5.74, 6) is 0. The van der Waals surface area contributed by atoms with E-state index in [1.165, 1.54) is 16.6 Å². The largest absolute Gasteiger partial charge is 0.462 e. The van der Waals surface area contributed by atoms with Gasteiger partial charge < -0.3 is 14.6 Å². The van der Waals surface area contributed by atoms with Crippen molar-refractivity contribution >= 4 is 28.3 Å². The summed E-state index contributed by atoms with van der Waals surface area (Å²) < 4.78 is 5.92. The zero-order valence-corrected chi connectivity index (χ0v) is 13.1. The second-order valence-electron chi connectivity index (χ2n) is 5.47. The summed E-state index contributed by atoms with van der Waals surface area (Å²) in [6, 6.07) is 0. The lowest BCUT2D eigenvalue weighted by Crippen LogP contribution is -2.43. The van der Waals surface area contributed by atoms with E-state index in [-0.39, 0.29) is 0 Å². The van der Waals surface area contributed by atoms with E-state index < -0.39 is 0 Å². The molecule has 0 amide bonds. The third-order valence-electron chi connectivity index (χ3n) is 4.29. The van der Waals surface area contributed by atoms with Gasteiger partial charge >= 0.3 is 0 Å². The quantitative estimate of drug-likeness (QED) is 0.915. The second-order valence-corrected chi connectivity index (χ2v) is 5.85. The van der Waals surface area contributed by atoms with Gasteiger partial charge in [0, 0.05) is 36.6 Å². The van der Waals surface area contributed by atoms with Crippen LogP contribution < -0.4 is 10.2 Å². The minimum Gasteiger partial charge on any atom is -0.462 e. The lowest BCUT2D eigenvalue weighted by Gasteiger charge is -2.31. The number of piperazine rings is 1. The zero-order valence-electron chi connectivity index (χ0n) is 12.3. The van der Waals surface area contributed by atoms with Gasteiger partial charge in [0.1, 0.15) is 0 Å². The fourth-order valence-electron chi connectivity index (χ4n) is 3.17. The molecule has 3 rings (SSSR count). The van der Waals surface area contributed by atoms with Crippen molar-refractivity contribution in [1.82, 2.24) is 5.32 Å². The molecule has 1 aliphatic heterocycles. The number of rotatable bonds is 2. The van der Waals surface area contributed by atoms with Gasteiger partial charge in [-0.15, -0.1) is 0 Å². The van der Waals surface area contributed by atoms with Gasteiger partial charge in [0.15, 0.2) is 5.58 Å². The van der Waals surface area contributed by atoms with Crippen LogP contribution >= 0.6 is 11.6 Å². The SMILES string of the molecule is CCc1coc2c(N3CCNCC3)c(C)c(Cl)c(C)c12. The molecule has 20 heavy (non-hydrogen) atoms. The van der Waals surface area contributed by atoms with Gasteiger partial charge in [-0.25, -0.2) is 0 Å². The first kappa shape index (κ1) is 13.8. The van der Waals surface area contributed by atoms with Gasteiger partial charge in [0.05, 0.1) is 12.0 Å². The Morgan fingerprint density at radius 1 is 1.25 bits per heavy atom. The van der Waals surface area contributed by atoms with Gasteiger partial charge in [0.2, 0.25) is 0 Å². The van der Waals surface area contributed by atoms with Crippen molar-refractivity contribution in [2.75, 3.05) is 31.1 Å². The number of benzene rings is 1. The van der Waals surface area contributed by atoms with Crippen LogP contribution in [0.15, 0.2) is 10.7 Å². The normalized spacial score (nSPS) is 16.1. The Balaban J connectivity index is 2.27. The number of hydrogen-bond acceptors (Lipinski definition) is 3. The molecular weight excluding hydrogens is 272 g/mol. The molecule has 0 atom stereocenters. The maximum Gasteiger partial charge on any atom is 0.158 e. The van der Waals surface area contributed by atoms with E-state index in [0.717, 1.165) is 54.3 Å². The second kappa shape index (κ2) is 5.30. The summed E-state index contributed by atoms with van der Waals surface area (Å²) in [6.07, 6.45) is 2.85. The number of nitrogens with zero attached hydrogens (tertiary/aromatic N) is 1. The summed E-state index contributed by atoms with van der Waals surface area (Å²) in [6.45, 7) is 10.4. The number of furan rings is 1. The highest BCUT2D eigenvalue weighted by atomic mass is 35.5. The number of halogens is 1. The van der Waals surface area contributed by atoms with E-state index in [9.17, 15) is 0 Å². The van der Waals surface area contributed by atoms with Gasteiger partial charge in [-0.05, 0) is 37.0 Å². The summed E-state index contributed by atoms with van der Waals surface area (Å²) in [5.41, 5.74) is 5.70. The lowest BCUT2D eigenvalue weighted by atomic mass is 10.0. The average molecular weight is 293 g/mol. The van der Waals surface area contributed by atoms with Crippen LogP contribution in [0.4, 0.5) is 5.69 Å². The lowest BCUT2D eigenvalue weighted by molar-refractivity contribution is 0.577. The van der Waals surface area contributed by atoms with Gasteiger partial charge in [-0.1, -0.05) is 18.5 Å². The third kappa shape index (κ3) is 2.00. The first-order valence-corrected chi connectivity index (χ1v) is 7.67. The standard InChI is InChI=1S/C16H21ClN2O/c1-4-12-9-20-16-13(12)10(2)14(17)11(3)15(16)19-7-5-18-6-8-19/h9,18H,4-8H2,1-3H3. The molecule has 2 aromatic rings. The third-order valence-corrected chi connectivity index (χ3v) is 4.85. The highest BCUT2D eigenvalue weighted by molar-refractivity contribution is 6.34. The number of anilines is 1. The van der Waals surface area contributed by atoms with Crippen molar-refractivity contribution in [3.05, 3.63) is 28.0 Å². The molecule has 108 valence electrons. The van der Waals surface area contributed by atoms with Crippen molar-refractivity contribution < 1.29 is 4.42 Å². The van der Waals surface area contributed by atoms with Crippen LogP contribution in [0.1, 0.15) is 23.6 Å². The summed E-state index contributed by atoms with van der Waals surface area (Å²) >= 11 is 6.58. The van der Waals surface area contributed by atoms with Crippen molar-refractivity contribution in [3.8, 4) is 0 Å². The van der Waals surface area contributed by atoms with Gasteiger partial charge in [-0.2, -0.15) is 0 Å². The zero-order chi connectivity index (χ0) is 14.3. The summed E-state index contributed by atoms with van der Waals surface area (Å²) in [4.78, 5) is 2.39. The first-order chi connectivity index (χ1) is 9.65. The smallest absolute Gasteiger partial charge is 0.158 e. The monoisotopic (exact) mass is 292 g/mol. The van der Waals surface area contributed by atoms with Crippen LogP contribution in [0, 0.1) is 13.8 Å². The van der Waals surface area contributed by atoms with E-state index in [4.69, 9.17) is 16.0 Å². The van der Waals surface area contributed by atoms with Crippen LogP contribution in [0.2, 0.25) is 5.02 Å². The van der Waals surface area contributed by atoms with E-state index >= 15 is 0 Å². The highest BCUT2D eigenvalue weighted by Crippen LogP contribution is 2.41. The molecule has 1 N–H and O–H groups in total. The van der Waals surface area contributed by atoms with E-state index in [2.05, 4.69) is 31.0 Å². The molecule has 0 aliphatic carbocycles. The highest BCUT2D eigenvalue weighted by Gasteiger charge is 2.23. The van der Waals surface area contributed by atoms with Crippen LogP contribution in [0.25, 0.3) is 11.0 Å². The van der Waals surface area contributed by atoms with Crippen LogP contribution in [-0.2, 0) is 6.42 Å². The number of fused-ring (bicyclic) bond motifs is 1. The van der Waals surface area contributed by atoms with E-state index in [1.807, 2.05) is 6.26 Å². The van der Waals surface area contributed by atoms with Crippen molar-refractivity contribution in [2.45, 2.75) is 27.2 Å². The number of nitrogens with one attached hydrogen (secondary N) is 1. The Bertz CT molecular complexity index is 642. The van der Waals surface area contributed by atoms with Crippen molar-refractivity contribution in [3.63, 3.8) is 0 Å². The minimum absolute atomic E-state index is 0.877. The Morgan fingerprint density at radius 2 is 1.95 bits per heavy atom. The molecule has 2 heterocycles. The van der Waals surface area contributed by atoms with E-state index in [0.29, 0.717) is 0 Å². The molecule has 0 unspecified atom stereocenters. The maximum absolute atomic E-state index is 6.58. The van der Waals surface area contributed by atoms with Gasteiger partial charge in [-0.3, -0.25) is 0 Å². The minimum atomic E-state index is 0.877. The van der Waals surface area contributed by atoms with Crippen molar-refractivity contribution in [2.24, 2.45) is 0 Å². The van der Waals surface area contributed by atoms with Crippen molar-refractivity contribution in [1.29, 1.82) is 0 Å². The van der Waals surface area contributed by atoms with Gasteiger partial charge in [0.25, 0.3) is 0 Å². The number of hydrogen-bond donors (Lipinski definition) is 1. The maximum atomic E-state index is 6.58. The van der Waals surface area contributed by atoms with E-state index in [1.54, 1.807) is 0 Å². The molecule has 1 fully saturated rings. The first-order valence-electron chi connectivity index (χ1n) is 7.29. The molecular formula is C16H21ClN2O.